The number of halogens is 1. The Kier molecular flexibility index (Phi) is 9.12. The lowest BCUT2D eigenvalue weighted by Crippen LogP contribution is -2.67. The van der Waals surface area contributed by atoms with Gasteiger partial charge in [0, 0.05) is 36.6 Å². The van der Waals surface area contributed by atoms with Gasteiger partial charge in [-0.15, -0.1) is 0 Å². The molecule has 0 bridgehead atoms. The van der Waals surface area contributed by atoms with Crippen LogP contribution in [0.3, 0.4) is 0 Å². The van der Waals surface area contributed by atoms with E-state index in [0.29, 0.717) is 71.2 Å². The number of benzene rings is 1. The molecule has 4 heterocycles. The molecule has 2 amide bonds. The quantitative estimate of drug-likeness (QED) is 0.349. The van der Waals surface area contributed by atoms with Crippen molar-refractivity contribution in [2.75, 3.05) is 31.6 Å². The first-order valence-electron chi connectivity index (χ1n) is 15.9. The lowest BCUT2D eigenvalue weighted by molar-refractivity contribution is -0.146. The van der Waals surface area contributed by atoms with E-state index in [2.05, 4.69) is 5.10 Å². The number of methoxy groups -OCH3 is 1. The molecule has 1 saturated carbocycles. The third-order valence-corrected chi connectivity index (χ3v) is 10.8. The third kappa shape index (κ3) is 5.89. The van der Waals surface area contributed by atoms with Crippen molar-refractivity contribution in [2.45, 2.75) is 89.5 Å². The van der Waals surface area contributed by atoms with Gasteiger partial charge in [0.2, 0.25) is 12.3 Å². The van der Waals surface area contributed by atoms with Crippen molar-refractivity contribution in [3.8, 4) is 10.8 Å². The van der Waals surface area contributed by atoms with Gasteiger partial charge < -0.3 is 29.5 Å². The Morgan fingerprint density at radius 2 is 1.87 bits per heavy atom. The minimum atomic E-state index is -1.54. The van der Waals surface area contributed by atoms with Gasteiger partial charge in [0.05, 0.1) is 31.4 Å². The molecule has 2 N–H and O–H groups in total. The monoisotopic (exact) mass is 655 g/mol. The maximum absolute atomic E-state index is 14.8. The number of rotatable bonds is 9. The van der Waals surface area contributed by atoms with Crippen LogP contribution in [0.4, 0.5) is 9.39 Å². The second kappa shape index (κ2) is 12.9. The third-order valence-electron chi connectivity index (χ3n) is 9.44. The molecule has 2 aliphatic heterocycles. The Morgan fingerprint density at radius 1 is 1.15 bits per heavy atom. The number of fused-ring (bicyclic) bond motifs is 1. The van der Waals surface area contributed by atoms with Gasteiger partial charge in [0.15, 0.2) is 0 Å². The number of anilines is 1. The first-order chi connectivity index (χ1) is 22.0. The summed E-state index contributed by atoms with van der Waals surface area (Å²) in [5.41, 5.74) is 0.110. The molecule has 6 rings (SSSR count). The number of thiophene rings is 1. The van der Waals surface area contributed by atoms with E-state index in [0.717, 1.165) is 12.8 Å². The van der Waals surface area contributed by atoms with Crippen molar-refractivity contribution in [2.24, 2.45) is 0 Å². The molecule has 248 valence electrons. The van der Waals surface area contributed by atoms with Crippen molar-refractivity contribution in [1.29, 1.82) is 0 Å². The Balaban J connectivity index is 1.45. The van der Waals surface area contributed by atoms with Crippen molar-refractivity contribution in [3.63, 3.8) is 0 Å². The summed E-state index contributed by atoms with van der Waals surface area (Å²) in [7, 11) is 1.50. The van der Waals surface area contributed by atoms with Crippen LogP contribution in [0.15, 0.2) is 36.7 Å². The molecule has 1 aliphatic carbocycles. The number of hydrogen-bond acceptors (Lipinski definition) is 9. The van der Waals surface area contributed by atoms with E-state index in [1.807, 2.05) is 6.92 Å². The molecular formula is C33H42FN5O6S. The number of aromatic nitrogens is 2. The number of carbonyl (C=O) groups excluding carboxylic acids is 2. The molecule has 0 spiro atoms. The fourth-order valence-electron chi connectivity index (χ4n) is 6.91. The smallest absolute Gasteiger partial charge is 0.261 e. The van der Waals surface area contributed by atoms with Gasteiger partial charge in [-0.25, -0.2) is 9.07 Å². The number of carbonyl (C=O) groups is 2. The van der Waals surface area contributed by atoms with E-state index in [-0.39, 0.29) is 18.6 Å². The first-order valence-corrected chi connectivity index (χ1v) is 16.7. The van der Waals surface area contributed by atoms with Crippen molar-refractivity contribution >= 4 is 28.2 Å². The van der Waals surface area contributed by atoms with Crippen LogP contribution < -0.4 is 9.64 Å². The van der Waals surface area contributed by atoms with E-state index >= 15 is 0 Å². The molecule has 0 radical (unpaired) electrons. The minimum Gasteiger partial charge on any atom is -0.496 e. The highest BCUT2D eigenvalue weighted by molar-refractivity contribution is 7.19. The molecule has 2 aromatic heterocycles. The Hall–Kier alpha value is -3.52. The standard InChI is InChI=1S/C33H42FN5O6S/c1-20-27-28(41)39(33(2,3)31(42)36-15-5-6-16-36)32(43)37(30(27)46-29(20)38-17-7-14-35-38)19-26(45-23-11-9-22(40)10-12-23)24-18-21(34)8-13-25(24)44-4/h7-8,13-14,17-18,22-23,26,32,40,43H,5-6,9-12,15-16,19H2,1-4H3/t22-,23+,26-,32?/m0/s1. The van der Waals surface area contributed by atoms with Crippen LogP contribution >= 0.6 is 11.3 Å². The molecule has 1 saturated heterocycles. The molecule has 2 fully saturated rings. The highest BCUT2D eigenvalue weighted by atomic mass is 32.1. The molecule has 11 nitrogen and oxygen atoms in total. The number of ether oxygens (including phenoxy) is 2. The highest BCUT2D eigenvalue weighted by Crippen LogP contribution is 2.46. The fraction of sp³-hybridized carbons (Fsp3) is 0.545. The van der Waals surface area contributed by atoms with Gasteiger partial charge in [-0.2, -0.15) is 5.10 Å². The zero-order valence-corrected chi connectivity index (χ0v) is 27.5. The van der Waals surface area contributed by atoms with Crippen molar-refractivity contribution in [1.82, 2.24) is 19.6 Å². The number of hydrogen-bond donors (Lipinski definition) is 2. The van der Waals surface area contributed by atoms with Crippen molar-refractivity contribution < 1.29 is 33.7 Å². The van der Waals surface area contributed by atoms with E-state index in [1.165, 1.54) is 35.5 Å². The van der Waals surface area contributed by atoms with Gasteiger partial charge in [0.25, 0.3) is 5.91 Å². The topological polar surface area (TPSA) is 121 Å². The molecule has 46 heavy (non-hydrogen) atoms. The summed E-state index contributed by atoms with van der Waals surface area (Å²) < 4.78 is 28.8. The Morgan fingerprint density at radius 3 is 2.52 bits per heavy atom. The van der Waals surface area contributed by atoms with Gasteiger partial charge in [0.1, 0.15) is 33.2 Å². The number of aliphatic hydroxyl groups excluding tert-OH is 2. The van der Waals surface area contributed by atoms with Crippen molar-refractivity contribution in [3.05, 3.63) is 59.2 Å². The molecule has 13 heteroatoms. The average molecular weight is 656 g/mol. The van der Waals surface area contributed by atoms with E-state index in [9.17, 15) is 24.2 Å². The number of aliphatic hydroxyl groups is 2. The Labute approximate surface area is 272 Å². The lowest BCUT2D eigenvalue weighted by Gasteiger charge is -2.49. The highest BCUT2D eigenvalue weighted by Gasteiger charge is 2.51. The lowest BCUT2D eigenvalue weighted by atomic mass is 9.94. The number of nitrogens with zero attached hydrogens (tertiary/aromatic N) is 5. The average Bonchev–Trinajstić information content (AvgIpc) is 3.81. The van der Waals surface area contributed by atoms with Crippen LogP contribution in [0.2, 0.25) is 0 Å². The molecule has 1 unspecified atom stereocenters. The summed E-state index contributed by atoms with van der Waals surface area (Å²) in [6.07, 6.45) is 4.67. The zero-order valence-electron chi connectivity index (χ0n) is 26.7. The van der Waals surface area contributed by atoms with Crippen LogP contribution in [0, 0.1) is 12.7 Å². The summed E-state index contributed by atoms with van der Waals surface area (Å²) in [5, 5.41) is 27.9. The second-order valence-electron chi connectivity index (χ2n) is 12.8. The number of likely N-dealkylation sites (tertiary alicyclic amines) is 1. The zero-order chi connectivity index (χ0) is 32.7. The number of amides is 2. The van der Waals surface area contributed by atoms with Crippen LogP contribution in [0.5, 0.6) is 5.75 Å². The first kappa shape index (κ1) is 32.4. The fourth-order valence-corrected chi connectivity index (χ4v) is 8.18. The van der Waals surface area contributed by atoms with Crippen LogP contribution in [-0.4, -0.2) is 92.5 Å². The predicted octanol–water partition coefficient (Wildman–Crippen LogP) is 4.39. The van der Waals surface area contributed by atoms with E-state index < -0.39 is 35.8 Å². The molecular weight excluding hydrogens is 613 g/mol. The largest absolute Gasteiger partial charge is 0.496 e. The molecule has 3 aromatic rings. The van der Waals surface area contributed by atoms with Crippen LogP contribution in [-0.2, 0) is 9.53 Å². The summed E-state index contributed by atoms with van der Waals surface area (Å²) in [4.78, 5) is 33.0. The second-order valence-corrected chi connectivity index (χ2v) is 13.8. The summed E-state index contributed by atoms with van der Waals surface area (Å²) in [6.45, 7) is 6.40. The van der Waals surface area contributed by atoms with Gasteiger partial charge in [-0.05, 0) is 83.6 Å². The van der Waals surface area contributed by atoms with Gasteiger partial charge in [-0.3, -0.25) is 14.5 Å². The summed E-state index contributed by atoms with van der Waals surface area (Å²) in [6, 6.07) is 6.02. The predicted molar refractivity (Wildman–Crippen MR) is 171 cm³/mol. The summed E-state index contributed by atoms with van der Waals surface area (Å²) >= 11 is 1.31. The Bertz CT molecular complexity index is 1560. The van der Waals surface area contributed by atoms with Gasteiger partial charge >= 0.3 is 0 Å². The van der Waals surface area contributed by atoms with Gasteiger partial charge in [-0.1, -0.05) is 11.3 Å². The van der Waals surface area contributed by atoms with Crippen LogP contribution in [0.1, 0.15) is 80.0 Å². The molecule has 3 aliphatic rings. The molecule has 1 aromatic carbocycles. The summed E-state index contributed by atoms with van der Waals surface area (Å²) in [5.74, 6) is -0.733. The SMILES string of the molecule is COc1ccc(F)cc1[C@H](CN1c2sc(-n3cccn3)c(C)c2C(=O)N(C(C)(C)C(=O)N2CCCC2)C1O)O[C@H]1CC[C@@H](O)CC1. The maximum Gasteiger partial charge on any atom is 0.261 e. The maximum atomic E-state index is 14.8. The minimum absolute atomic E-state index is 0.0172. The van der Waals surface area contributed by atoms with Crippen LogP contribution in [0.25, 0.3) is 5.00 Å². The normalized spacial score (nSPS) is 22.7. The molecule has 2 atom stereocenters. The van der Waals surface area contributed by atoms with E-state index in [4.69, 9.17) is 9.47 Å². The van der Waals surface area contributed by atoms with E-state index in [1.54, 1.807) is 52.9 Å².